The van der Waals surface area contributed by atoms with E-state index in [1.165, 1.54) is 6.42 Å². The van der Waals surface area contributed by atoms with Crippen LogP contribution in [-0.2, 0) is 17.6 Å². The molecular formula is C17H22N4O. The van der Waals surface area contributed by atoms with Crippen molar-refractivity contribution < 1.29 is 4.79 Å². The van der Waals surface area contributed by atoms with E-state index in [1.54, 1.807) is 12.4 Å². The zero-order valence-electron chi connectivity index (χ0n) is 12.7. The van der Waals surface area contributed by atoms with Crippen LogP contribution in [0.4, 0.5) is 0 Å². The van der Waals surface area contributed by atoms with Gasteiger partial charge in [-0.3, -0.25) is 14.9 Å². The number of amides is 1. The lowest BCUT2D eigenvalue weighted by molar-refractivity contribution is -0.133. The largest absolute Gasteiger partial charge is 0.342 e. The highest BCUT2D eigenvalue weighted by molar-refractivity contribution is 5.76. The molecule has 1 saturated heterocycles. The predicted molar refractivity (Wildman–Crippen MR) is 84.2 cm³/mol. The Balaban J connectivity index is 1.49. The lowest BCUT2D eigenvalue weighted by Gasteiger charge is -2.32. The Morgan fingerprint density at radius 1 is 1.36 bits per heavy atom. The van der Waals surface area contributed by atoms with Crippen LogP contribution in [0.25, 0.3) is 0 Å². The summed E-state index contributed by atoms with van der Waals surface area (Å²) < 4.78 is 0. The fourth-order valence-corrected chi connectivity index (χ4v) is 3.12. The van der Waals surface area contributed by atoms with Gasteiger partial charge in [-0.15, -0.1) is 0 Å². The molecule has 2 aromatic heterocycles. The number of H-pyrrole nitrogens is 1. The zero-order chi connectivity index (χ0) is 15.2. The van der Waals surface area contributed by atoms with Crippen LogP contribution in [0.2, 0.25) is 0 Å². The fraction of sp³-hybridized carbons (Fsp3) is 0.471. The molecule has 0 unspecified atom stereocenters. The van der Waals surface area contributed by atoms with Gasteiger partial charge in [-0.2, -0.15) is 5.10 Å². The number of aromatic amines is 1. The summed E-state index contributed by atoms with van der Waals surface area (Å²) in [5, 5.41) is 7.01. The van der Waals surface area contributed by atoms with Crippen molar-refractivity contribution in [3.8, 4) is 0 Å². The highest BCUT2D eigenvalue weighted by atomic mass is 16.2. The van der Waals surface area contributed by atoms with Gasteiger partial charge in [0.05, 0.1) is 0 Å². The van der Waals surface area contributed by atoms with Crippen molar-refractivity contribution in [3.05, 3.63) is 48.0 Å². The minimum atomic E-state index is 0.262. The number of likely N-dealkylation sites (tertiary alicyclic amines) is 1. The van der Waals surface area contributed by atoms with Crippen molar-refractivity contribution in [1.29, 1.82) is 0 Å². The molecule has 0 aromatic carbocycles. The second-order valence-electron chi connectivity index (χ2n) is 6.00. The Kier molecular flexibility index (Phi) is 4.83. The molecule has 1 aliphatic rings. The minimum Gasteiger partial charge on any atom is -0.342 e. The van der Waals surface area contributed by atoms with E-state index in [-0.39, 0.29) is 5.91 Å². The number of pyridine rings is 1. The maximum absolute atomic E-state index is 12.4. The average molecular weight is 298 g/mol. The van der Waals surface area contributed by atoms with Crippen LogP contribution in [-0.4, -0.2) is 39.1 Å². The number of carbonyl (C=O) groups is 1. The molecule has 1 N–H and O–H groups in total. The Labute approximate surface area is 130 Å². The molecule has 22 heavy (non-hydrogen) atoms. The third-order valence-corrected chi connectivity index (χ3v) is 4.29. The van der Waals surface area contributed by atoms with Gasteiger partial charge in [0, 0.05) is 43.8 Å². The van der Waals surface area contributed by atoms with Gasteiger partial charge in [0.2, 0.25) is 5.91 Å². The highest BCUT2D eigenvalue weighted by Crippen LogP contribution is 2.21. The standard InChI is InChI=1S/C17H22N4O/c22-17(6-5-14-3-1-8-18-12-14)21-10-2-4-15(13-21)11-16-7-9-19-20-16/h1,3,7-9,12,15H,2,4-6,10-11,13H2,(H,19,20)/t15-/m1/s1. The molecule has 1 aliphatic heterocycles. The van der Waals surface area contributed by atoms with Gasteiger partial charge in [-0.05, 0) is 49.3 Å². The van der Waals surface area contributed by atoms with Crippen molar-refractivity contribution in [2.45, 2.75) is 32.1 Å². The molecule has 2 aromatic rings. The first-order valence-corrected chi connectivity index (χ1v) is 7.96. The number of carbonyl (C=O) groups excluding carboxylic acids is 1. The van der Waals surface area contributed by atoms with Crippen LogP contribution in [0.5, 0.6) is 0 Å². The maximum atomic E-state index is 12.4. The topological polar surface area (TPSA) is 61.9 Å². The summed E-state index contributed by atoms with van der Waals surface area (Å²) in [6.45, 7) is 1.76. The van der Waals surface area contributed by atoms with E-state index >= 15 is 0 Å². The first kappa shape index (κ1) is 14.8. The molecule has 5 nitrogen and oxygen atoms in total. The average Bonchev–Trinajstić information content (AvgIpc) is 3.07. The number of rotatable bonds is 5. The monoisotopic (exact) mass is 298 g/mol. The molecule has 1 atom stereocenters. The van der Waals surface area contributed by atoms with Crippen LogP contribution >= 0.6 is 0 Å². The number of aromatic nitrogens is 3. The van der Waals surface area contributed by atoms with E-state index < -0.39 is 0 Å². The van der Waals surface area contributed by atoms with E-state index in [2.05, 4.69) is 15.2 Å². The quantitative estimate of drug-likeness (QED) is 0.920. The van der Waals surface area contributed by atoms with E-state index in [1.807, 2.05) is 29.3 Å². The molecule has 3 heterocycles. The normalized spacial score (nSPS) is 18.4. The molecule has 0 saturated carbocycles. The van der Waals surface area contributed by atoms with Gasteiger partial charge in [-0.25, -0.2) is 0 Å². The lowest BCUT2D eigenvalue weighted by Crippen LogP contribution is -2.40. The van der Waals surface area contributed by atoms with E-state index in [0.29, 0.717) is 12.3 Å². The minimum absolute atomic E-state index is 0.262. The summed E-state index contributed by atoms with van der Waals surface area (Å²) >= 11 is 0. The Morgan fingerprint density at radius 2 is 2.32 bits per heavy atom. The summed E-state index contributed by atoms with van der Waals surface area (Å²) in [4.78, 5) is 18.5. The van der Waals surface area contributed by atoms with Crippen LogP contribution < -0.4 is 0 Å². The summed E-state index contributed by atoms with van der Waals surface area (Å²) in [5.41, 5.74) is 2.29. The molecule has 5 heteroatoms. The van der Waals surface area contributed by atoms with Crippen molar-refractivity contribution in [3.63, 3.8) is 0 Å². The van der Waals surface area contributed by atoms with Gasteiger partial charge < -0.3 is 4.90 Å². The predicted octanol–water partition coefficient (Wildman–Crippen LogP) is 2.22. The molecule has 1 amide bonds. The number of nitrogens with one attached hydrogen (secondary N) is 1. The van der Waals surface area contributed by atoms with E-state index in [0.717, 1.165) is 43.6 Å². The van der Waals surface area contributed by atoms with Crippen molar-refractivity contribution in [1.82, 2.24) is 20.1 Å². The molecular weight excluding hydrogens is 276 g/mol. The third kappa shape index (κ3) is 3.93. The first-order chi connectivity index (χ1) is 10.8. The van der Waals surface area contributed by atoms with Crippen LogP contribution in [0.15, 0.2) is 36.8 Å². The van der Waals surface area contributed by atoms with Crippen molar-refractivity contribution in [2.24, 2.45) is 5.92 Å². The zero-order valence-corrected chi connectivity index (χ0v) is 12.7. The van der Waals surface area contributed by atoms with Crippen molar-refractivity contribution >= 4 is 5.91 Å². The number of hydrogen-bond acceptors (Lipinski definition) is 3. The van der Waals surface area contributed by atoms with Gasteiger partial charge in [0.25, 0.3) is 0 Å². The molecule has 0 bridgehead atoms. The van der Waals surface area contributed by atoms with Gasteiger partial charge in [0.15, 0.2) is 0 Å². The summed E-state index contributed by atoms with van der Waals surface area (Å²) in [5.74, 6) is 0.801. The first-order valence-electron chi connectivity index (χ1n) is 7.96. The molecule has 0 radical (unpaired) electrons. The number of piperidine rings is 1. The van der Waals surface area contributed by atoms with Gasteiger partial charge in [-0.1, -0.05) is 6.07 Å². The van der Waals surface area contributed by atoms with Crippen molar-refractivity contribution in [2.75, 3.05) is 13.1 Å². The SMILES string of the molecule is O=C(CCc1cccnc1)N1CCC[C@H](Cc2ccn[nH]2)C1. The molecule has 0 aliphatic carbocycles. The number of hydrogen-bond donors (Lipinski definition) is 1. The summed E-state index contributed by atoms with van der Waals surface area (Å²) in [6, 6.07) is 5.96. The van der Waals surface area contributed by atoms with Crippen LogP contribution in [0.1, 0.15) is 30.5 Å². The molecule has 3 rings (SSSR count). The van der Waals surface area contributed by atoms with Gasteiger partial charge in [0.1, 0.15) is 0 Å². The molecule has 0 spiro atoms. The van der Waals surface area contributed by atoms with Gasteiger partial charge >= 0.3 is 0 Å². The summed E-state index contributed by atoms with van der Waals surface area (Å²) in [7, 11) is 0. The second kappa shape index (κ2) is 7.20. The maximum Gasteiger partial charge on any atom is 0.222 e. The number of aryl methyl sites for hydroxylation is 1. The second-order valence-corrected chi connectivity index (χ2v) is 6.00. The number of nitrogens with zero attached hydrogens (tertiary/aromatic N) is 3. The Bertz CT molecular complexity index is 582. The Morgan fingerprint density at radius 3 is 3.09 bits per heavy atom. The fourth-order valence-electron chi connectivity index (χ4n) is 3.12. The lowest BCUT2D eigenvalue weighted by atomic mass is 9.93. The highest BCUT2D eigenvalue weighted by Gasteiger charge is 2.23. The third-order valence-electron chi connectivity index (χ3n) is 4.29. The van der Waals surface area contributed by atoms with E-state index in [4.69, 9.17) is 0 Å². The van der Waals surface area contributed by atoms with Crippen LogP contribution in [0.3, 0.4) is 0 Å². The smallest absolute Gasteiger partial charge is 0.222 e. The Hall–Kier alpha value is -2.17. The van der Waals surface area contributed by atoms with E-state index in [9.17, 15) is 4.79 Å². The molecule has 1 fully saturated rings. The summed E-state index contributed by atoms with van der Waals surface area (Å²) in [6.07, 6.45) is 9.99. The molecule has 116 valence electrons. The van der Waals surface area contributed by atoms with Crippen LogP contribution in [0, 0.1) is 5.92 Å².